The van der Waals surface area contributed by atoms with Gasteiger partial charge in [-0.2, -0.15) is 5.10 Å². The first-order chi connectivity index (χ1) is 9.66. The molecule has 0 amide bonds. The topological polar surface area (TPSA) is 43.1 Å². The van der Waals surface area contributed by atoms with Crippen LogP contribution in [0, 0.1) is 0 Å². The number of para-hydroxylation sites is 1. The Morgan fingerprint density at radius 2 is 1.95 bits per heavy atom. The van der Waals surface area contributed by atoms with Crippen molar-refractivity contribution in [2.24, 2.45) is 7.05 Å². The van der Waals surface area contributed by atoms with E-state index >= 15 is 0 Å². The van der Waals surface area contributed by atoms with Crippen LogP contribution in [0.4, 0.5) is 0 Å². The highest BCUT2D eigenvalue weighted by Gasteiger charge is 2.25. The van der Waals surface area contributed by atoms with Gasteiger partial charge in [0.2, 0.25) is 0 Å². The van der Waals surface area contributed by atoms with Crippen molar-refractivity contribution in [3.8, 4) is 5.69 Å². The first-order valence-corrected chi connectivity index (χ1v) is 7.06. The van der Waals surface area contributed by atoms with Gasteiger partial charge in [0.05, 0.1) is 5.69 Å². The lowest BCUT2D eigenvalue weighted by molar-refractivity contribution is 0.244. The maximum Gasteiger partial charge on any atom is 0.350 e. The largest absolute Gasteiger partial charge is 0.350 e. The third-order valence-corrected chi connectivity index (χ3v) is 3.95. The van der Waals surface area contributed by atoms with Crippen molar-refractivity contribution in [2.45, 2.75) is 18.8 Å². The summed E-state index contributed by atoms with van der Waals surface area (Å²) in [6.45, 7) is 2.09. The fourth-order valence-electron chi connectivity index (χ4n) is 2.95. The first kappa shape index (κ1) is 13.1. The molecule has 0 radical (unpaired) electrons. The summed E-state index contributed by atoms with van der Waals surface area (Å²) in [7, 11) is 3.85. The highest BCUT2D eigenvalue weighted by Crippen LogP contribution is 2.25. The van der Waals surface area contributed by atoms with Gasteiger partial charge in [0, 0.05) is 19.5 Å². The number of piperidine rings is 1. The molecular weight excluding hydrogens is 252 g/mol. The number of nitrogens with zero attached hydrogens (tertiary/aromatic N) is 4. The lowest BCUT2D eigenvalue weighted by atomic mass is 9.97. The number of likely N-dealkylation sites (N-methyl/N-ethyl adjacent to an activating group) is 1. The zero-order valence-corrected chi connectivity index (χ0v) is 12.0. The maximum absolute atomic E-state index is 12.4. The molecule has 1 fully saturated rings. The predicted octanol–water partition coefficient (Wildman–Crippen LogP) is 1.38. The zero-order valence-electron chi connectivity index (χ0n) is 12.0. The molecule has 0 unspecified atom stereocenters. The van der Waals surface area contributed by atoms with E-state index in [2.05, 4.69) is 17.0 Å². The van der Waals surface area contributed by atoms with Crippen LogP contribution < -0.4 is 5.69 Å². The predicted molar refractivity (Wildman–Crippen MR) is 78.3 cm³/mol. The summed E-state index contributed by atoms with van der Waals surface area (Å²) < 4.78 is 3.20. The summed E-state index contributed by atoms with van der Waals surface area (Å²) in [4.78, 5) is 14.7. The summed E-state index contributed by atoms with van der Waals surface area (Å²) in [5.41, 5.74) is 0.827. The Bertz CT molecular complexity index is 644. The van der Waals surface area contributed by atoms with Crippen LogP contribution in [0.1, 0.15) is 24.6 Å². The highest BCUT2D eigenvalue weighted by molar-refractivity contribution is 5.33. The van der Waals surface area contributed by atoms with E-state index in [1.165, 1.54) is 4.68 Å². The Labute approximate surface area is 118 Å². The Kier molecular flexibility index (Phi) is 3.44. The SMILES string of the molecule is CN1CCC[C@@H](c2nn(C)c(=O)n2-c2ccccc2)C1. The number of likely N-dealkylation sites (tertiary alicyclic amines) is 1. The number of aryl methyl sites for hydroxylation is 1. The fourth-order valence-corrected chi connectivity index (χ4v) is 2.95. The van der Waals surface area contributed by atoms with E-state index in [0.29, 0.717) is 5.92 Å². The van der Waals surface area contributed by atoms with Crippen LogP contribution in [-0.4, -0.2) is 39.4 Å². The van der Waals surface area contributed by atoms with Crippen molar-refractivity contribution in [2.75, 3.05) is 20.1 Å². The molecule has 5 nitrogen and oxygen atoms in total. The van der Waals surface area contributed by atoms with Gasteiger partial charge < -0.3 is 4.90 Å². The van der Waals surface area contributed by atoms with Gasteiger partial charge in [-0.15, -0.1) is 0 Å². The molecule has 0 aliphatic carbocycles. The van der Waals surface area contributed by atoms with E-state index in [-0.39, 0.29) is 5.69 Å². The minimum atomic E-state index is -0.0700. The van der Waals surface area contributed by atoms with Gasteiger partial charge in [-0.25, -0.2) is 14.0 Å². The van der Waals surface area contributed by atoms with Crippen molar-refractivity contribution < 1.29 is 0 Å². The number of aromatic nitrogens is 3. The van der Waals surface area contributed by atoms with Crippen molar-refractivity contribution >= 4 is 0 Å². The quantitative estimate of drug-likeness (QED) is 0.829. The molecule has 1 aromatic carbocycles. The molecular formula is C15H20N4O. The molecule has 1 aliphatic heterocycles. The van der Waals surface area contributed by atoms with E-state index in [4.69, 9.17) is 0 Å². The van der Waals surface area contributed by atoms with E-state index in [1.54, 1.807) is 11.6 Å². The lowest BCUT2D eigenvalue weighted by Gasteiger charge is -2.29. The van der Waals surface area contributed by atoms with Crippen LogP contribution in [0.3, 0.4) is 0 Å². The molecule has 0 bridgehead atoms. The molecule has 106 valence electrons. The third-order valence-electron chi connectivity index (χ3n) is 3.95. The summed E-state index contributed by atoms with van der Waals surface area (Å²) >= 11 is 0. The minimum absolute atomic E-state index is 0.0700. The van der Waals surface area contributed by atoms with Gasteiger partial charge in [-0.1, -0.05) is 18.2 Å². The first-order valence-electron chi connectivity index (χ1n) is 7.06. The monoisotopic (exact) mass is 272 g/mol. The Morgan fingerprint density at radius 1 is 1.20 bits per heavy atom. The Morgan fingerprint density at radius 3 is 2.65 bits per heavy atom. The standard InChI is InChI=1S/C15H20N4O/c1-17-10-6-7-12(11-17)14-16-18(2)15(20)19(14)13-8-4-3-5-9-13/h3-5,8-9,12H,6-7,10-11H2,1-2H3/t12-/m1/s1. The molecule has 0 saturated carbocycles. The molecule has 1 atom stereocenters. The summed E-state index contributed by atoms with van der Waals surface area (Å²) in [5.74, 6) is 1.21. The van der Waals surface area contributed by atoms with Crippen LogP contribution in [0.5, 0.6) is 0 Å². The van der Waals surface area contributed by atoms with Crippen LogP contribution in [0.2, 0.25) is 0 Å². The van der Waals surface area contributed by atoms with Crippen molar-refractivity contribution in [3.05, 3.63) is 46.6 Å². The van der Waals surface area contributed by atoms with Gasteiger partial charge >= 0.3 is 5.69 Å². The van der Waals surface area contributed by atoms with Crippen LogP contribution in [0.15, 0.2) is 35.1 Å². The average molecular weight is 272 g/mol. The molecule has 3 rings (SSSR count). The summed E-state index contributed by atoms with van der Waals surface area (Å²) in [6, 6.07) is 9.77. The van der Waals surface area contributed by atoms with Crippen LogP contribution in [0.25, 0.3) is 5.69 Å². The minimum Gasteiger partial charge on any atom is -0.306 e. The van der Waals surface area contributed by atoms with Crippen molar-refractivity contribution in [1.29, 1.82) is 0 Å². The highest BCUT2D eigenvalue weighted by atomic mass is 16.2. The molecule has 20 heavy (non-hydrogen) atoms. The third kappa shape index (κ3) is 2.29. The number of hydrogen-bond acceptors (Lipinski definition) is 3. The van der Waals surface area contributed by atoms with E-state index < -0.39 is 0 Å². The van der Waals surface area contributed by atoms with Crippen LogP contribution >= 0.6 is 0 Å². The second-order valence-corrected chi connectivity index (χ2v) is 5.54. The van der Waals surface area contributed by atoms with Gasteiger partial charge in [0.25, 0.3) is 0 Å². The smallest absolute Gasteiger partial charge is 0.306 e. The van der Waals surface area contributed by atoms with Gasteiger partial charge in [-0.05, 0) is 38.6 Å². The van der Waals surface area contributed by atoms with Crippen LogP contribution in [-0.2, 0) is 7.05 Å². The van der Waals surface area contributed by atoms with E-state index in [9.17, 15) is 4.79 Å². The zero-order chi connectivity index (χ0) is 14.1. The number of hydrogen-bond donors (Lipinski definition) is 0. The van der Waals surface area contributed by atoms with Gasteiger partial charge in [0.15, 0.2) is 0 Å². The Hall–Kier alpha value is -1.88. The van der Waals surface area contributed by atoms with Gasteiger partial charge in [0.1, 0.15) is 5.82 Å². The molecule has 0 spiro atoms. The second kappa shape index (κ2) is 5.25. The number of benzene rings is 1. The normalized spacial score (nSPS) is 20.2. The molecule has 2 heterocycles. The van der Waals surface area contributed by atoms with E-state index in [0.717, 1.165) is 37.4 Å². The summed E-state index contributed by atoms with van der Waals surface area (Å²) in [5, 5.41) is 4.49. The molecule has 2 aromatic rings. The average Bonchev–Trinajstić information content (AvgIpc) is 2.76. The molecule has 1 saturated heterocycles. The molecule has 5 heteroatoms. The molecule has 1 aromatic heterocycles. The number of rotatable bonds is 2. The molecule has 0 N–H and O–H groups in total. The maximum atomic E-state index is 12.4. The van der Waals surface area contributed by atoms with Gasteiger partial charge in [-0.3, -0.25) is 0 Å². The molecule has 1 aliphatic rings. The van der Waals surface area contributed by atoms with Crippen molar-refractivity contribution in [3.63, 3.8) is 0 Å². The van der Waals surface area contributed by atoms with E-state index in [1.807, 2.05) is 30.3 Å². The Balaban J connectivity index is 2.08. The lowest BCUT2D eigenvalue weighted by Crippen LogP contribution is -2.32. The fraction of sp³-hybridized carbons (Fsp3) is 0.467. The second-order valence-electron chi connectivity index (χ2n) is 5.54. The summed E-state index contributed by atoms with van der Waals surface area (Å²) in [6.07, 6.45) is 2.24. The van der Waals surface area contributed by atoms with Crippen molar-refractivity contribution in [1.82, 2.24) is 19.2 Å².